The first-order chi connectivity index (χ1) is 15.1. The number of ether oxygens (including phenoxy) is 3. The molecule has 31 heavy (non-hydrogen) atoms. The second kappa shape index (κ2) is 11.0. The largest absolute Gasteiger partial charge is 0.493 e. The molecule has 0 spiro atoms. The van der Waals surface area contributed by atoms with Crippen LogP contribution >= 0.6 is 0 Å². The number of aryl methyl sites for hydroxylation is 1. The summed E-state index contributed by atoms with van der Waals surface area (Å²) in [5.41, 5.74) is 2.87. The summed E-state index contributed by atoms with van der Waals surface area (Å²) in [6.45, 7) is 2.36. The van der Waals surface area contributed by atoms with Crippen LogP contribution < -0.4 is 19.5 Å². The summed E-state index contributed by atoms with van der Waals surface area (Å²) in [6.07, 6.45) is 2.75. The van der Waals surface area contributed by atoms with Gasteiger partial charge < -0.3 is 19.5 Å². The minimum Gasteiger partial charge on any atom is -0.493 e. The van der Waals surface area contributed by atoms with E-state index in [9.17, 15) is 4.79 Å². The van der Waals surface area contributed by atoms with E-state index in [4.69, 9.17) is 14.2 Å². The van der Waals surface area contributed by atoms with Gasteiger partial charge in [-0.05, 0) is 60.9 Å². The number of nitrogens with zero attached hydrogens (tertiary/aromatic N) is 1. The number of nitrogens with one attached hydrogen (secondary N) is 1. The summed E-state index contributed by atoms with van der Waals surface area (Å²) in [6, 6.07) is 19.1. The number of carbonyl (C=O) groups is 1. The van der Waals surface area contributed by atoms with E-state index in [1.54, 1.807) is 20.4 Å². The Hall–Kier alpha value is -3.54. The van der Waals surface area contributed by atoms with Crippen molar-refractivity contribution >= 4 is 5.91 Å². The first kappa shape index (κ1) is 22.2. The van der Waals surface area contributed by atoms with E-state index in [-0.39, 0.29) is 11.9 Å². The van der Waals surface area contributed by atoms with Gasteiger partial charge in [0.05, 0.1) is 26.0 Å². The lowest BCUT2D eigenvalue weighted by Gasteiger charge is -2.16. The van der Waals surface area contributed by atoms with Crippen molar-refractivity contribution in [1.82, 2.24) is 10.3 Å². The van der Waals surface area contributed by atoms with Crippen LogP contribution in [-0.2, 0) is 17.8 Å². The lowest BCUT2D eigenvalue weighted by Crippen LogP contribution is -2.26. The third kappa shape index (κ3) is 6.47. The van der Waals surface area contributed by atoms with Crippen LogP contribution in [0.4, 0.5) is 0 Å². The minimum absolute atomic E-state index is 0.0120. The van der Waals surface area contributed by atoms with Gasteiger partial charge in [-0.15, -0.1) is 0 Å². The van der Waals surface area contributed by atoms with Gasteiger partial charge in [0.25, 0.3) is 0 Å². The molecule has 1 heterocycles. The van der Waals surface area contributed by atoms with Gasteiger partial charge in [-0.3, -0.25) is 9.78 Å². The fraction of sp³-hybridized carbons (Fsp3) is 0.280. The lowest BCUT2D eigenvalue weighted by atomic mass is 10.1. The number of aromatic nitrogens is 1. The van der Waals surface area contributed by atoms with Crippen molar-refractivity contribution in [2.45, 2.75) is 32.4 Å². The molecule has 0 fully saturated rings. The number of pyridine rings is 1. The normalized spacial score (nSPS) is 11.5. The quantitative estimate of drug-likeness (QED) is 0.523. The van der Waals surface area contributed by atoms with Crippen LogP contribution in [0.1, 0.15) is 36.2 Å². The molecule has 2 aromatic carbocycles. The predicted molar refractivity (Wildman–Crippen MR) is 119 cm³/mol. The molecule has 0 radical (unpaired) electrons. The number of rotatable bonds is 10. The maximum atomic E-state index is 12.5. The van der Waals surface area contributed by atoms with Crippen molar-refractivity contribution in [3.63, 3.8) is 0 Å². The van der Waals surface area contributed by atoms with Gasteiger partial charge in [-0.2, -0.15) is 0 Å². The molecule has 1 N–H and O–H groups in total. The van der Waals surface area contributed by atoms with Crippen molar-refractivity contribution < 1.29 is 19.0 Å². The zero-order valence-electron chi connectivity index (χ0n) is 18.1. The average Bonchev–Trinajstić information content (AvgIpc) is 2.82. The summed E-state index contributed by atoms with van der Waals surface area (Å²) in [7, 11) is 3.20. The Morgan fingerprint density at radius 3 is 2.58 bits per heavy atom. The van der Waals surface area contributed by atoms with Crippen LogP contribution in [0.3, 0.4) is 0 Å². The number of methoxy groups -OCH3 is 2. The second-order valence-electron chi connectivity index (χ2n) is 7.16. The van der Waals surface area contributed by atoms with Crippen LogP contribution in [0.5, 0.6) is 17.2 Å². The molecule has 0 aliphatic carbocycles. The molecule has 0 bridgehead atoms. The van der Waals surface area contributed by atoms with Gasteiger partial charge in [0, 0.05) is 12.6 Å². The number of amides is 1. The average molecular weight is 421 g/mol. The fourth-order valence-electron chi connectivity index (χ4n) is 3.21. The molecular formula is C25H28N2O4. The van der Waals surface area contributed by atoms with Gasteiger partial charge in [0.2, 0.25) is 5.91 Å². The summed E-state index contributed by atoms with van der Waals surface area (Å²) in [5, 5.41) is 3.06. The van der Waals surface area contributed by atoms with Crippen molar-refractivity contribution in [3.8, 4) is 17.2 Å². The third-order valence-corrected chi connectivity index (χ3v) is 4.94. The van der Waals surface area contributed by atoms with E-state index in [2.05, 4.69) is 10.3 Å². The topological polar surface area (TPSA) is 69.7 Å². The van der Waals surface area contributed by atoms with Crippen LogP contribution in [0.2, 0.25) is 0 Å². The van der Waals surface area contributed by atoms with Gasteiger partial charge >= 0.3 is 0 Å². The maximum absolute atomic E-state index is 12.5. The Labute approximate surface area is 183 Å². The molecule has 0 saturated heterocycles. The highest BCUT2D eigenvalue weighted by Gasteiger charge is 2.12. The first-order valence-corrected chi connectivity index (χ1v) is 10.2. The Kier molecular flexibility index (Phi) is 7.87. The highest BCUT2D eigenvalue weighted by Crippen LogP contribution is 2.28. The number of carbonyl (C=O) groups excluding carboxylic acids is 1. The molecule has 6 nitrogen and oxygen atoms in total. The summed E-state index contributed by atoms with van der Waals surface area (Å²) < 4.78 is 16.4. The van der Waals surface area contributed by atoms with Crippen molar-refractivity contribution in [1.29, 1.82) is 0 Å². The molecular weight excluding hydrogens is 392 g/mol. The summed E-state index contributed by atoms with van der Waals surface area (Å²) >= 11 is 0. The van der Waals surface area contributed by atoms with E-state index in [1.807, 2.05) is 67.6 Å². The molecule has 1 unspecified atom stereocenters. The fourth-order valence-corrected chi connectivity index (χ4v) is 3.21. The molecule has 1 atom stereocenters. The van der Waals surface area contributed by atoms with E-state index in [1.165, 1.54) is 0 Å². The van der Waals surface area contributed by atoms with Crippen LogP contribution in [0.25, 0.3) is 0 Å². The molecule has 162 valence electrons. The lowest BCUT2D eigenvalue weighted by molar-refractivity contribution is -0.121. The second-order valence-corrected chi connectivity index (χ2v) is 7.16. The highest BCUT2D eigenvalue weighted by atomic mass is 16.5. The zero-order chi connectivity index (χ0) is 22.1. The van der Waals surface area contributed by atoms with Crippen molar-refractivity contribution in [3.05, 3.63) is 83.7 Å². The van der Waals surface area contributed by atoms with E-state index in [0.717, 1.165) is 22.6 Å². The molecule has 3 rings (SSSR count). The van der Waals surface area contributed by atoms with Crippen LogP contribution in [-0.4, -0.2) is 25.1 Å². The van der Waals surface area contributed by atoms with Gasteiger partial charge in [0.15, 0.2) is 11.5 Å². The molecule has 0 aliphatic heterocycles. The standard InChI is InChI=1S/C25H28N2O4/c1-18(20-7-6-9-22(16-20)31-17-21-8-4-5-14-26-21)27-25(28)13-11-19-10-12-23(29-2)24(15-19)30-3/h4-10,12,14-16,18H,11,13,17H2,1-3H3,(H,27,28). The zero-order valence-corrected chi connectivity index (χ0v) is 18.1. The smallest absolute Gasteiger partial charge is 0.220 e. The summed E-state index contributed by atoms with van der Waals surface area (Å²) in [4.78, 5) is 16.7. The third-order valence-electron chi connectivity index (χ3n) is 4.94. The monoisotopic (exact) mass is 420 g/mol. The van der Waals surface area contributed by atoms with Crippen molar-refractivity contribution in [2.75, 3.05) is 14.2 Å². The van der Waals surface area contributed by atoms with Crippen LogP contribution in [0.15, 0.2) is 66.9 Å². The van der Waals surface area contributed by atoms with Crippen molar-refractivity contribution in [2.24, 2.45) is 0 Å². The molecule has 0 saturated carbocycles. The molecule has 6 heteroatoms. The Morgan fingerprint density at radius 2 is 1.84 bits per heavy atom. The van der Waals surface area contributed by atoms with Crippen LogP contribution in [0, 0.1) is 0 Å². The van der Waals surface area contributed by atoms with E-state index >= 15 is 0 Å². The van der Waals surface area contributed by atoms with E-state index < -0.39 is 0 Å². The molecule has 3 aromatic rings. The summed E-state index contributed by atoms with van der Waals surface area (Å²) in [5.74, 6) is 2.07. The Morgan fingerprint density at radius 1 is 1.00 bits per heavy atom. The minimum atomic E-state index is -0.128. The van der Waals surface area contributed by atoms with Gasteiger partial charge in [-0.1, -0.05) is 24.3 Å². The Balaban J connectivity index is 1.52. The van der Waals surface area contributed by atoms with Gasteiger partial charge in [-0.25, -0.2) is 0 Å². The van der Waals surface area contributed by atoms with E-state index in [0.29, 0.717) is 30.9 Å². The number of hydrogen-bond donors (Lipinski definition) is 1. The number of hydrogen-bond acceptors (Lipinski definition) is 5. The highest BCUT2D eigenvalue weighted by molar-refractivity contribution is 5.76. The maximum Gasteiger partial charge on any atom is 0.220 e. The molecule has 1 aromatic heterocycles. The van der Waals surface area contributed by atoms with Gasteiger partial charge in [0.1, 0.15) is 12.4 Å². The SMILES string of the molecule is COc1ccc(CCC(=O)NC(C)c2cccc(OCc3ccccn3)c2)cc1OC. The molecule has 0 aliphatic rings. The first-order valence-electron chi connectivity index (χ1n) is 10.2. The number of benzene rings is 2. The Bertz CT molecular complexity index is 992. The molecule has 1 amide bonds. The predicted octanol–water partition coefficient (Wildman–Crippen LogP) is 4.49.